The first-order valence-electron chi connectivity index (χ1n) is 8.69. The van der Waals surface area contributed by atoms with Crippen LogP contribution in [0.15, 0.2) is 36.5 Å². The number of benzene rings is 1. The van der Waals surface area contributed by atoms with Crippen molar-refractivity contribution in [2.24, 2.45) is 0 Å². The van der Waals surface area contributed by atoms with E-state index in [0.717, 1.165) is 18.9 Å². The second-order valence-electron chi connectivity index (χ2n) is 6.46. The zero-order chi connectivity index (χ0) is 21.0. The quantitative estimate of drug-likeness (QED) is 0.510. The third-order valence-corrected chi connectivity index (χ3v) is 4.06. The van der Waals surface area contributed by atoms with Crippen molar-refractivity contribution in [1.29, 1.82) is 0 Å². The van der Waals surface area contributed by atoms with Gasteiger partial charge in [-0.2, -0.15) is 13.2 Å². The van der Waals surface area contributed by atoms with Gasteiger partial charge >= 0.3 is 6.18 Å². The number of halogens is 3. The lowest BCUT2D eigenvalue weighted by molar-refractivity contribution is -0.384. The summed E-state index contributed by atoms with van der Waals surface area (Å²) >= 11 is 0. The fourth-order valence-electron chi connectivity index (χ4n) is 2.51. The number of nitro benzene ring substituents is 1. The molecule has 0 bridgehead atoms. The third kappa shape index (κ3) is 5.80. The number of anilines is 1. The predicted octanol–water partition coefficient (Wildman–Crippen LogP) is 3.44. The minimum Gasteiger partial charge on any atom is -0.468 e. The molecule has 1 aliphatic rings. The van der Waals surface area contributed by atoms with Crippen LogP contribution >= 0.6 is 0 Å². The van der Waals surface area contributed by atoms with Gasteiger partial charge in [-0.3, -0.25) is 14.9 Å². The molecule has 2 N–H and O–H groups in total. The lowest BCUT2D eigenvalue weighted by Gasteiger charge is -2.13. The van der Waals surface area contributed by atoms with Crippen molar-refractivity contribution in [1.82, 2.24) is 10.3 Å². The van der Waals surface area contributed by atoms with E-state index in [4.69, 9.17) is 0 Å². The van der Waals surface area contributed by atoms with E-state index in [1.165, 1.54) is 30.5 Å². The number of amides is 1. The summed E-state index contributed by atoms with van der Waals surface area (Å²) in [7, 11) is 0. The summed E-state index contributed by atoms with van der Waals surface area (Å²) in [4.78, 5) is 26.8. The summed E-state index contributed by atoms with van der Waals surface area (Å²) in [6, 6.07) is 7.22. The number of pyridine rings is 1. The molecule has 1 aliphatic carbocycles. The number of alkyl halides is 3. The molecule has 1 aromatic heterocycles. The number of carbonyl (C=O) groups excluding carboxylic acids is 1. The Hall–Kier alpha value is -3.37. The van der Waals surface area contributed by atoms with Gasteiger partial charge in [-0.1, -0.05) is 6.07 Å². The number of nitrogens with one attached hydrogen (secondary N) is 2. The highest BCUT2D eigenvalue weighted by molar-refractivity contribution is 5.95. The van der Waals surface area contributed by atoms with Crippen molar-refractivity contribution in [2.45, 2.75) is 31.6 Å². The predicted molar refractivity (Wildman–Crippen MR) is 96.7 cm³/mol. The van der Waals surface area contributed by atoms with Gasteiger partial charge in [0.25, 0.3) is 11.6 Å². The summed E-state index contributed by atoms with van der Waals surface area (Å²) in [6.45, 7) is -1.66. The Morgan fingerprint density at radius 1 is 1.31 bits per heavy atom. The third-order valence-electron chi connectivity index (χ3n) is 4.06. The van der Waals surface area contributed by atoms with E-state index in [0.29, 0.717) is 5.69 Å². The molecule has 0 saturated heterocycles. The Morgan fingerprint density at radius 2 is 2.07 bits per heavy atom. The van der Waals surface area contributed by atoms with Gasteiger partial charge in [0.05, 0.1) is 4.92 Å². The molecule has 2 aromatic rings. The van der Waals surface area contributed by atoms with E-state index in [9.17, 15) is 28.1 Å². The fraction of sp³-hybridized carbons (Fsp3) is 0.333. The van der Waals surface area contributed by atoms with Gasteiger partial charge in [0.2, 0.25) is 5.88 Å². The van der Waals surface area contributed by atoms with Crippen molar-refractivity contribution in [2.75, 3.05) is 11.9 Å². The van der Waals surface area contributed by atoms with Crippen LogP contribution in [-0.2, 0) is 6.54 Å². The zero-order valence-corrected chi connectivity index (χ0v) is 15.0. The maximum Gasteiger partial charge on any atom is 0.422 e. The van der Waals surface area contributed by atoms with Crippen LogP contribution in [0.2, 0.25) is 0 Å². The molecule has 8 nitrogen and oxygen atoms in total. The largest absolute Gasteiger partial charge is 0.468 e. The molecule has 1 amide bonds. The van der Waals surface area contributed by atoms with Crippen LogP contribution in [0.4, 0.5) is 24.5 Å². The molecule has 11 heteroatoms. The summed E-state index contributed by atoms with van der Waals surface area (Å²) < 4.78 is 41.7. The first kappa shape index (κ1) is 20.4. The van der Waals surface area contributed by atoms with Crippen LogP contribution in [0.25, 0.3) is 0 Å². The Kier molecular flexibility index (Phi) is 5.85. The van der Waals surface area contributed by atoms with Crippen LogP contribution in [0, 0.1) is 10.1 Å². The highest BCUT2D eigenvalue weighted by Crippen LogP contribution is 2.31. The highest BCUT2D eigenvalue weighted by Gasteiger charge is 2.29. The topological polar surface area (TPSA) is 106 Å². The molecule has 29 heavy (non-hydrogen) atoms. The smallest absolute Gasteiger partial charge is 0.422 e. The molecule has 1 aromatic carbocycles. The number of rotatable bonds is 8. The summed E-state index contributed by atoms with van der Waals surface area (Å²) in [5.41, 5.74) is 0.413. The van der Waals surface area contributed by atoms with Crippen LogP contribution in [-0.4, -0.2) is 34.6 Å². The van der Waals surface area contributed by atoms with Gasteiger partial charge in [-0.05, 0) is 31.0 Å². The second kappa shape index (κ2) is 8.33. The molecule has 0 atom stereocenters. The Balaban J connectivity index is 1.68. The molecule has 3 rings (SSSR count). The van der Waals surface area contributed by atoms with E-state index >= 15 is 0 Å². The number of carbonyl (C=O) groups is 1. The SMILES string of the molecule is O=C(NCc1cccnc1OCC(F)(F)F)c1ccc(NC2CC2)c([N+](=O)[O-])c1. The molecule has 1 fully saturated rings. The molecule has 0 aliphatic heterocycles. The lowest BCUT2D eigenvalue weighted by atomic mass is 10.1. The van der Waals surface area contributed by atoms with E-state index in [2.05, 4.69) is 20.4 Å². The monoisotopic (exact) mass is 410 g/mol. The number of hydrogen-bond acceptors (Lipinski definition) is 6. The van der Waals surface area contributed by atoms with Crippen LogP contribution in [0.1, 0.15) is 28.8 Å². The van der Waals surface area contributed by atoms with Gasteiger partial charge in [0, 0.05) is 36.0 Å². The van der Waals surface area contributed by atoms with E-state index in [1.54, 1.807) is 0 Å². The van der Waals surface area contributed by atoms with Crippen molar-refractivity contribution in [3.63, 3.8) is 0 Å². The number of aromatic nitrogens is 1. The zero-order valence-electron chi connectivity index (χ0n) is 15.0. The summed E-state index contributed by atoms with van der Waals surface area (Å²) in [5.74, 6) is -0.864. The average molecular weight is 410 g/mol. The van der Waals surface area contributed by atoms with Gasteiger partial charge in [0.15, 0.2) is 6.61 Å². The van der Waals surface area contributed by atoms with E-state index in [1.807, 2.05) is 0 Å². The minimum absolute atomic E-state index is 0.0553. The lowest BCUT2D eigenvalue weighted by Crippen LogP contribution is -2.24. The maximum absolute atomic E-state index is 12.4. The Labute approximate surface area is 163 Å². The normalized spacial score (nSPS) is 13.6. The van der Waals surface area contributed by atoms with Crippen LogP contribution < -0.4 is 15.4 Å². The first-order chi connectivity index (χ1) is 13.7. The molecular formula is C18H17F3N4O4. The number of nitrogens with zero attached hydrogens (tertiary/aromatic N) is 2. The molecule has 0 radical (unpaired) electrons. The van der Waals surface area contributed by atoms with Gasteiger partial charge in [0.1, 0.15) is 5.69 Å². The summed E-state index contributed by atoms with van der Waals surface area (Å²) in [5, 5.41) is 16.8. The molecule has 0 spiro atoms. The highest BCUT2D eigenvalue weighted by atomic mass is 19.4. The first-order valence-corrected chi connectivity index (χ1v) is 8.69. The van der Waals surface area contributed by atoms with Crippen molar-refractivity contribution >= 4 is 17.3 Å². The number of hydrogen-bond donors (Lipinski definition) is 2. The van der Waals surface area contributed by atoms with Gasteiger partial charge < -0.3 is 15.4 Å². The van der Waals surface area contributed by atoms with Gasteiger partial charge in [-0.25, -0.2) is 4.98 Å². The Bertz CT molecular complexity index is 916. The van der Waals surface area contributed by atoms with E-state index in [-0.39, 0.29) is 35.3 Å². The van der Waals surface area contributed by atoms with Crippen molar-refractivity contribution in [3.05, 3.63) is 57.8 Å². The number of ether oxygens (including phenoxy) is 1. The molecular weight excluding hydrogens is 393 g/mol. The summed E-state index contributed by atoms with van der Waals surface area (Å²) in [6.07, 6.45) is -1.38. The second-order valence-corrected chi connectivity index (χ2v) is 6.46. The maximum atomic E-state index is 12.4. The molecule has 1 heterocycles. The van der Waals surface area contributed by atoms with E-state index < -0.39 is 23.6 Å². The molecule has 1 saturated carbocycles. The Morgan fingerprint density at radius 3 is 2.72 bits per heavy atom. The van der Waals surface area contributed by atoms with Crippen molar-refractivity contribution in [3.8, 4) is 5.88 Å². The standard InChI is InChI=1S/C18H17F3N4O4/c19-18(20,21)10-29-17-12(2-1-7-22-17)9-23-16(26)11-3-6-14(24-13-4-5-13)15(8-11)25(27)28/h1-3,6-8,13,24H,4-5,9-10H2,(H,23,26). The van der Waals surface area contributed by atoms with Crippen LogP contribution in [0.3, 0.4) is 0 Å². The molecule has 0 unspecified atom stereocenters. The number of nitro groups is 1. The van der Waals surface area contributed by atoms with Gasteiger partial charge in [-0.15, -0.1) is 0 Å². The average Bonchev–Trinajstić information content (AvgIpc) is 3.48. The van der Waals surface area contributed by atoms with Crippen LogP contribution in [0.5, 0.6) is 5.88 Å². The molecule has 154 valence electrons. The fourth-order valence-corrected chi connectivity index (χ4v) is 2.51. The minimum atomic E-state index is -4.52. The van der Waals surface area contributed by atoms with Crippen molar-refractivity contribution < 1.29 is 27.6 Å².